The van der Waals surface area contributed by atoms with Crippen molar-refractivity contribution in [1.82, 2.24) is 9.97 Å². The van der Waals surface area contributed by atoms with Gasteiger partial charge in [0.25, 0.3) is 11.5 Å². The zero-order chi connectivity index (χ0) is 17.9. The monoisotopic (exact) mass is 425 g/mol. The summed E-state index contributed by atoms with van der Waals surface area (Å²) in [6, 6.07) is 2.47. The molecule has 24 heavy (non-hydrogen) atoms. The van der Waals surface area contributed by atoms with Gasteiger partial charge in [0.2, 0.25) is 5.88 Å². The molecule has 0 fully saturated rings. The van der Waals surface area contributed by atoms with Crippen molar-refractivity contribution in [2.24, 2.45) is 0 Å². The normalized spacial score (nSPS) is 11.2. The van der Waals surface area contributed by atoms with Crippen LogP contribution in [0.25, 0.3) is 0 Å². The van der Waals surface area contributed by atoms with Gasteiger partial charge in [-0.05, 0) is 28.1 Å². The van der Waals surface area contributed by atoms with Crippen LogP contribution < -0.4 is 15.6 Å². The molecule has 128 valence electrons. The molecule has 6 nitrogen and oxygen atoms in total. The summed E-state index contributed by atoms with van der Waals surface area (Å²) in [4.78, 5) is 29.6. The Kier molecular flexibility index (Phi) is 5.50. The number of nitrogens with zero attached hydrogens (tertiary/aromatic N) is 1. The lowest BCUT2D eigenvalue weighted by Gasteiger charge is -2.10. The largest absolute Gasteiger partial charge is 0.467 e. The van der Waals surface area contributed by atoms with Crippen molar-refractivity contribution >= 4 is 39.1 Å². The van der Waals surface area contributed by atoms with E-state index in [-0.39, 0.29) is 16.3 Å². The Morgan fingerprint density at radius 1 is 1.42 bits per heavy atom. The summed E-state index contributed by atoms with van der Waals surface area (Å²) in [5.41, 5.74) is -0.614. The fourth-order valence-corrected chi connectivity index (χ4v) is 2.11. The second kappa shape index (κ2) is 7.22. The SMILES string of the molecule is O=C(Nc1cc(Br)c[nH]c1=O)c1cnc(OCC(F)(F)F)c(Cl)c1. The number of aromatic nitrogens is 2. The second-order valence-electron chi connectivity index (χ2n) is 4.43. The van der Waals surface area contributed by atoms with E-state index in [2.05, 4.69) is 36.0 Å². The van der Waals surface area contributed by atoms with E-state index in [4.69, 9.17) is 11.6 Å². The number of carbonyl (C=O) groups excluding carboxylic acids is 1. The summed E-state index contributed by atoms with van der Waals surface area (Å²) < 4.78 is 41.3. The van der Waals surface area contributed by atoms with Gasteiger partial charge in [-0.3, -0.25) is 9.59 Å². The minimum atomic E-state index is -4.54. The Bertz CT molecular complexity index is 826. The molecule has 11 heteroatoms. The molecule has 2 aromatic heterocycles. The molecule has 0 atom stereocenters. The average molecular weight is 427 g/mol. The Morgan fingerprint density at radius 3 is 2.75 bits per heavy atom. The lowest BCUT2D eigenvalue weighted by molar-refractivity contribution is -0.154. The van der Waals surface area contributed by atoms with E-state index in [0.29, 0.717) is 4.47 Å². The van der Waals surface area contributed by atoms with E-state index < -0.39 is 30.1 Å². The van der Waals surface area contributed by atoms with Gasteiger partial charge in [-0.2, -0.15) is 13.2 Å². The molecule has 2 aromatic rings. The lowest BCUT2D eigenvalue weighted by atomic mass is 10.2. The van der Waals surface area contributed by atoms with Crippen LogP contribution in [0.1, 0.15) is 10.4 Å². The first-order valence-electron chi connectivity index (χ1n) is 6.20. The topological polar surface area (TPSA) is 84.1 Å². The van der Waals surface area contributed by atoms with Crippen LogP contribution in [0, 0.1) is 0 Å². The lowest BCUT2D eigenvalue weighted by Crippen LogP contribution is -2.21. The smallest absolute Gasteiger partial charge is 0.422 e. The zero-order valence-corrected chi connectivity index (χ0v) is 13.9. The number of hydrogen-bond donors (Lipinski definition) is 2. The number of alkyl halides is 3. The highest BCUT2D eigenvalue weighted by Crippen LogP contribution is 2.25. The Labute approximate surface area is 146 Å². The minimum absolute atomic E-state index is 0.0251. The first-order valence-corrected chi connectivity index (χ1v) is 7.37. The Morgan fingerprint density at radius 2 is 2.12 bits per heavy atom. The third-order valence-corrected chi connectivity index (χ3v) is 3.29. The Hall–Kier alpha value is -2.07. The van der Waals surface area contributed by atoms with Gasteiger partial charge in [0.1, 0.15) is 10.7 Å². The quantitative estimate of drug-likeness (QED) is 0.785. The molecule has 0 saturated carbocycles. The molecule has 0 radical (unpaired) electrons. The summed E-state index contributed by atoms with van der Waals surface area (Å²) in [6.45, 7) is -1.56. The predicted molar refractivity (Wildman–Crippen MR) is 83.5 cm³/mol. The molecule has 2 heterocycles. The van der Waals surface area contributed by atoms with E-state index >= 15 is 0 Å². The van der Waals surface area contributed by atoms with Crippen LogP contribution in [0.5, 0.6) is 5.88 Å². The van der Waals surface area contributed by atoms with Crippen LogP contribution in [0.2, 0.25) is 5.02 Å². The van der Waals surface area contributed by atoms with Gasteiger partial charge in [-0.1, -0.05) is 11.6 Å². The standard InChI is InChI=1S/C13H8BrClF3N3O3/c14-7-2-9(11(23)19-4-7)21-10(22)6-1-8(15)12(20-3-6)24-5-13(16,17)18/h1-4H,5H2,(H,19,23)(H,21,22). The van der Waals surface area contributed by atoms with Crippen molar-refractivity contribution in [3.05, 3.63) is 49.9 Å². The fourth-order valence-electron chi connectivity index (χ4n) is 1.55. The molecule has 0 unspecified atom stereocenters. The predicted octanol–water partition coefficient (Wildman–Crippen LogP) is 3.38. The van der Waals surface area contributed by atoms with Crippen LogP contribution in [-0.4, -0.2) is 28.7 Å². The van der Waals surface area contributed by atoms with E-state index in [1.54, 1.807) is 0 Å². The molecule has 0 aliphatic carbocycles. The molecule has 2 rings (SSSR count). The number of H-pyrrole nitrogens is 1. The first kappa shape index (κ1) is 18.3. The van der Waals surface area contributed by atoms with E-state index in [1.807, 2.05) is 0 Å². The van der Waals surface area contributed by atoms with Crippen LogP contribution in [-0.2, 0) is 0 Å². The molecule has 0 bridgehead atoms. The van der Waals surface area contributed by atoms with Crippen molar-refractivity contribution in [1.29, 1.82) is 0 Å². The number of carbonyl (C=O) groups is 1. The highest BCUT2D eigenvalue weighted by atomic mass is 79.9. The van der Waals surface area contributed by atoms with Crippen molar-refractivity contribution in [2.75, 3.05) is 11.9 Å². The maximum Gasteiger partial charge on any atom is 0.422 e. The van der Waals surface area contributed by atoms with Crippen LogP contribution in [0.3, 0.4) is 0 Å². The second-order valence-corrected chi connectivity index (χ2v) is 5.75. The summed E-state index contributed by atoms with van der Waals surface area (Å²) in [5, 5.41) is 2.07. The van der Waals surface area contributed by atoms with E-state index in [0.717, 1.165) is 12.3 Å². The van der Waals surface area contributed by atoms with Crippen molar-refractivity contribution in [3.8, 4) is 5.88 Å². The van der Waals surface area contributed by atoms with Crippen molar-refractivity contribution < 1.29 is 22.7 Å². The van der Waals surface area contributed by atoms with Crippen LogP contribution in [0.4, 0.5) is 18.9 Å². The number of aromatic amines is 1. The maximum absolute atomic E-state index is 12.1. The number of anilines is 1. The van der Waals surface area contributed by atoms with Gasteiger partial charge in [0, 0.05) is 16.9 Å². The summed E-state index contributed by atoms with van der Waals surface area (Å²) >= 11 is 8.89. The van der Waals surface area contributed by atoms with Gasteiger partial charge in [0.15, 0.2) is 6.61 Å². The highest BCUT2D eigenvalue weighted by Gasteiger charge is 2.29. The summed E-state index contributed by atoms with van der Waals surface area (Å²) in [5.74, 6) is -1.17. The fraction of sp³-hybridized carbons (Fsp3) is 0.154. The van der Waals surface area contributed by atoms with Gasteiger partial charge in [0.05, 0.1) is 5.56 Å². The third kappa shape index (κ3) is 4.96. The van der Waals surface area contributed by atoms with Crippen molar-refractivity contribution in [2.45, 2.75) is 6.18 Å². The third-order valence-electron chi connectivity index (χ3n) is 2.56. The molecular formula is C13H8BrClF3N3O3. The number of ether oxygens (including phenoxy) is 1. The van der Waals surface area contributed by atoms with E-state index in [9.17, 15) is 22.8 Å². The van der Waals surface area contributed by atoms with Crippen LogP contribution >= 0.6 is 27.5 Å². The minimum Gasteiger partial charge on any atom is -0.467 e. The maximum atomic E-state index is 12.1. The van der Waals surface area contributed by atoms with Gasteiger partial charge in [-0.25, -0.2) is 4.98 Å². The summed E-state index contributed by atoms with van der Waals surface area (Å²) in [6.07, 6.45) is -2.16. The average Bonchev–Trinajstić information content (AvgIpc) is 2.48. The first-order chi connectivity index (χ1) is 11.2. The number of amides is 1. The molecular weight excluding hydrogens is 419 g/mol. The number of rotatable bonds is 4. The van der Waals surface area contributed by atoms with Gasteiger partial charge < -0.3 is 15.0 Å². The molecule has 0 saturated heterocycles. The van der Waals surface area contributed by atoms with Crippen LogP contribution in [0.15, 0.2) is 33.8 Å². The van der Waals surface area contributed by atoms with E-state index in [1.165, 1.54) is 12.3 Å². The number of halogens is 5. The van der Waals surface area contributed by atoms with Gasteiger partial charge >= 0.3 is 6.18 Å². The molecule has 0 spiro atoms. The number of pyridine rings is 2. The molecule has 0 aliphatic heterocycles. The summed E-state index contributed by atoms with van der Waals surface area (Å²) in [7, 11) is 0. The highest BCUT2D eigenvalue weighted by molar-refractivity contribution is 9.10. The number of nitrogens with one attached hydrogen (secondary N) is 2. The number of hydrogen-bond acceptors (Lipinski definition) is 4. The zero-order valence-electron chi connectivity index (χ0n) is 11.6. The molecule has 1 amide bonds. The van der Waals surface area contributed by atoms with Gasteiger partial charge in [-0.15, -0.1) is 0 Å². The Balaban J connectivity index is 2.14. The molecule has 0 aromatic carbocycles. The van der Waals surface area contributed by atoms with Crippen molar-refractivity contribution in [3.63, 3.8) is 0 Å². The molecule has 0 aliphatic rings. The molecule has 2 N–H and O–H groups in total.